The van der Waals surface area contributed by atoms with E-state index in [1.807, 2.05) is 6.07 Å². The first-order valence-electron chi connectivity index (χ1n) is 11.9. The van der Waals surface area contributed by atoms with E-state index in [1.54, 1.807) is 0 Å². The molecule has 6 aromatic carbocycles. The fourth-order valence-corrected chi connectivity index (χ4v) is 11.3. The van der Waals surface area contributed by atoms with Crippen LogP contribution < -0.4 is 30.2 Å². The van der Waals surface area contributed by atoms with Crippen LogP contribution in [0.15, 0.2) is 121 Å². The van der Waals surface area contributed by atoms with E-state index in [4.69, 9.17) is 9.47 Å². The summed E-state index contributed by atoms with van der Waals surface area (Å²) in [6, 6.07) is 43.4. The molecule has 2 heterocycles. The summed E-state index contributed by atoms with van der Waals surface area (Å²) in [5.41, 5.74) is 0. The zero-order valence-electron chi connectivity index (χ0n) is 18.9. The average Bonchev–Trinajstić information content (AvgIpc) is 2.93. The Morgan fingerprint density at radius 1 is 0.429 bits per heavy atom. The molecule has 0 N–H and O–H groups in total. The molecular formula is C32H20O2Si-. The number of rotatable bonds is 1. The normalized spacial score (nSPS) is 14.4. The van der Waals surface area contributed by atoms with Gasteiger partial charge in [0.05, 0.1) is 0 Å². The lowest BCUT2D eigenvalue weighted by Gasteiger charge is -2.54. The molecule has 0 radical (unpaired) electrons. The van der Waals surface area contributed by atoms with Crippen molar-refractivity contribution >= 4 is 50.4 Å². The van der Waals surface area contributed by atoms with E-state index in [1.165, 1.54) is 31.5 Å². The Bertz CT molecular complexity index is 1700. The molecule has 2 aliphatic heterocycles. The highest BCUT2D eigenvalue weighted by Gasteiger charge is 2.42. The van der Waals surface area contributed by atoms with E-state index in [-0.39, 0.29) is 0 Å². The molecule has 0 amide bonds. The smallest absolute Gasteiger partial charge is 0.105 e. The molecule has 3 heteroatoms. The molecular weight excluding hydrogens is 444 g/mol. The van der Waals surface area contributed by atoms with Crippen LogP contribution in [0.3, 0.4) is 0 Å². The van der Waals surface area contributed by atoms with E-state index >= 15 is 0 Å². The van der Waals surface area contributed by atoms with E-state index in [0.717, 1.165) is 33.8 Å². The average molecular weight is 465 g/mol. The van der Waals surface area contributed by atoms with Gasteiger partial charge in [-0.1, -0.05) is 114 Å². The Morgan fingerprint density at radius 2 is 0.943 bits per heavy atom. The summed E-state index contributed by atoms with van der Waals surface area (Å²) in [5.74, 6) is 3.76. The third-order valence-electron chi connectivity index (χ3n) is 7.56. The van der Waals surface area contributed by atoms with Gasteiger partial charge in [0.1, 0.15) is 23.0 Å². The van der Waals surface area contributed by atoms with E-state index in [2.05, 4.69) is 115 Å². The number of benzene rings is 6. The van der Waals surface area contributed by atoms with Gasteiger partial charge in [-0.2, -0.15) is 5.19 Å². The molecule has 0 saturated heterocycles. The summed E-state index contributed by atoms with van der Waals surface area (Å²) in [6.45, 7) is 0. The van der Waals surface area contributed by atoms with E-state index in [0.29, 0.717) is 0 Å². The third-order valence-corrected chi connectivity index (χ3v) is 12.4. The lowest BCUT2D eigenvalue weighted by atomic mass is 10.1. The maximum atomic E-state index is 6.74. The third kappa shape index (κ3) is 2.38. The Balaban J connectivity index is 1.62. The van der Waals surface area contributed by atoms with Crippen molar-refractivity contribution in [1.29, 1.82) is 0 Å². The zero-order chi connectivity index (χ0) is 23.0. The largest absolute Gasteiger partial charge is 0.462 e. The molecule has 35 heavy (non-hydrogen) atoms. The number of hydrogen-bond acceptors (Lipinski definition) is 2. The van der Waals surface area contributed by atoms with Gasteiger partial charge in [-0.25, -0.2) is 0 Å². The molecule has 165 valence electrons. The molecule has 0 aromatic heterocycles. The molecule has 2 nitrogen and oxygen atoms in total. The maximum Gasteiger partial charge on any atom is 0.105 e. The van der Waals surface area contributed by atoms with Gasteiger partial charge in [0.15, 0.2) is 0 Å². The van der Waals surface area contributed by atoms with Gasteiger partial charge in [-0.05, 0) is 31.0 Å². The van der Waals surface area contributed by atoms with Crippen molar-refractivity contribution in [2.75, 3.05) is 0 Å². The Kier molecular flexibility index (Phi) is 3.72. The highest BCUT2D eigenvalue weighted by molar-refractivity contribution is 7.21. The van der Waals surface area contributed by atoms with E-state index in [9.17, 15) is 0 Å². The van der Waals surface area contributed by atoms with Crippen molar-refractivity contribution in [1.82, 2.24) is 0 Å². The van der Waals surface area contributed by atoms with Crippen LogP contribution in [-0.4, -0.2) is 8.07 Å². The SMILES string of the molecule is c1ccc([Si-]23c4ccc5ccccc5c4Oc4cccc(c42)Oc2c3ccc3ccccc23)cc1. The molecule has 0 unspecified atom stereocenters. The van der Waals surface area contributed by atoms with Gasteiger partial charge in [-0.15, -0.1) is 10.4 Å². The highest BCUT2D eigenvalue weighted by atomic mass is 28.3. The zero-order valence-corrected chi connectivity index (χ0v) is 19.9. The number of hydrogen-bond donors (Lipinski definition) is 0. The highest BCUT2D eigenvalue weighted by Crippen LogP contribution is 2.42. The van der Waals surface area contributed by atoms with Gasteiger partial charge in [0, 0.05) is 10.8 Å². The van der Waals surface area contributed by atoms with Gasteiger partial charge < -0.3 is 9.47 Å². The fourth-order valence-electron chi connectivity index (χ4n) is 6.13. The van der Waals surface area contributed by atoms with Crippen LogP contribution in [0.25, 0.3) is 21.5 Å². The van der Waals surface area contributed by atoms with Gasteiger partial charge >= 0.3 is 0 Å². The molecule has 0 atom stereocenters. The van der Waals surface area contributed by atoms with Crippen LogP contribution in [0.1, 0.15) is 0 Å². The van der Waals surface area contributed by atoms with Crippen molar-refractivity contribution in [3.8, 4) is 23.0 Å². The summed E-state index contributed by atoms with van der Waals surface area (Å²) < 4.78 is 13.5. The minimum Gasteiger partial charge on any atom is -0.462 e. The minimum absolute atomic E-state index is 0.903. The van der Waals surface area contributed by atoms with Gasteiger partial charge in [0.2, 0.25) is 0 Å². The second-order valence-corrected chi connectivity index (χ2v) is 12.9. The van der Waals surface area contributed by atoms with Crippen LogP contribution in [-0.2, 0) is 0 Å². The molecule has 0 bridgehead atoms. The van der Waals surface area contributed by atoms with Crippen LogP contribution in [0.5, 0.6) is 23.0 Å². The molecule has 8 rings (SSSR count). The van der Waals surface area contributed by atoms with Crippen LogP contribution in [0, 0.1) is 0 Å². The van der Waals surface area contributed by atoms with Crippen molar-refractivity contribution in [3.63, 3.8) is 0 Å². The molecule has 0 aliphatic carbocycles. The Labute approximate surface area is 204 Å². The Morgan fingerprint density at radius 3 is 1.51 bits per heavy atom. The van der Waals surface area contributed by atoms with Crippen molar-refractivity contribution < 1.29 is 9.47 Å². The van der Waals surface area contributed by atoms with Crippen LogP contribution >= 0.6 is 0 Å². The first-order chi connectivity index (χ1) is 17.4. The molecule has 2 aliphatic rings. The number of fused-ring (bicyclic) bond motifs is 8. The minimum atomic E-state index is -2.74. The summed E-state index contributed by atoms with van der Waals surface area (Å²) in [5, 5.41) is 9.78. The predicted molar refractivity (Wildman–Crippen MR) is 145 cm³/mol. The first-order valence-corrected chi connectivity index (χ1v) is 13.9. The lowest BCUT2D eigenvalue weighted by molar-refractivity contribution is 0.469. The summed E-state index contributed by atoms with van der Waals surface area (Å²) >= 11 is 0. The molecule has 0 saturated carbocycles. The maximum absolute atomic E-state index is 6.74. The summed E-state index contributed by atoms with van der Waals surface area (Å²) in [4.78, 5) is 0. The van der Waals surface area contributed by atoms with Crippen molar-refractivity contribution in [2.45, 2.75) is 0 Å². The van der Waals surface area contributed by atoms with Crippen LogP contribution in [0.2, 0.25) is 0 Å². The topological polar surface area (TPSA) is 18.5 Å². The van der Waals surface area contributed by atoms with Crippen molar-refractivity contribution in [3.05, 3.63) is 121 Å². The van der Waals surface area contributed by atoms with E-state index < -0.39 is 8.07 Å². The van der Waals surface area contributed by atoms with Gasteiger partial charge in [-0.3, -0.25) is 0 Å². The second kappa shape index (κ2) is 6.84. The first kappa shape index (κ1) is 19.0. The molecule has 6 aromatic rings. The monoisotopic (exact) mass is 464 g/mol. The molecule has 0 fully saturated rings. The van der Waals surface area contributed by atoms with Gasteiger partial charge in [0.25, 0.3) is 0 Å². The quantitative estimate of drug-likeness (QED) is 0.295. The standard InChI is InChI=1S/C32H20O2Si/c1-2-11-23(12-3-1)35-28-19-17-21-9-4-6-13-24(21)30(28)33-26-15-8-16-27(32(26)35)34-31-25-14-7-5-10-22(25)18-20-29(31)35/h1-20H/q-1. The fraction of sp³-hybridized carbons (Fsp3) is 0. The molecule has 0 spiro atoms. The predicted octanol–water partition coefficient (Wildman–Crippen LogP) is 5.58. The summed E-state index contributed by atoms with van der Waals surface area (Å²) in [6.07, 6.45) is 0. The Hall–Kier alpha value is -4.34. The summed E-state index contributed by atoms with van der Waals surface area (Å²) in [7, 11) is -2.74. The number of ether oxygens (including phenoxy) is 2. The second-order valence-electron chi connectivity index (χ2n) is 9.28. The van der Waals surface area contributed by atoms with Crippen LogP contribution in [0.4, 0.5) is 0 Å². The van der Waals surface area contributed by atoms with Crippen molar-refractivity contribution in [2.24, 2.45) is 0 Å². The lowest BCUT2D eigenvalue weighted by Crippen LogP contribution is -2.77.